The first-order chi connectivity index (χ1) is 15.9. The van der Waals surface area contributed by atoms with Crippen LogP contribution in [0.1, 0.15) is 26.3 Å². The fourth-order valence-corrected chi connectivity index (χ4v) is 4.44. The fourth-order valence-electron chi connectivity index (χ4n) is 3.21. The van der Waals surface area contributed by atoms with Crippen LogP contribution in [0.3, 0.4) is 0 Å². The summed E-state index contributed by atoms with van der Waals surface area (Å²) >= 11 is 3.34. The maximum absolute atomic E-state index is 13.5. The molecule has 0 heterocycles. The van der Waals surface area contributed by atoms with Crippen LogP contribution in [0.5, 0.6) is 5.75 Å². The molecule has 1 unspecified atom stereocenters. The van der Waals surface area contributed by atoms with Crippen LogP contribution in [-0.4, -0.2) is 57.6 Å². The van der Waals surface area contributed by atoms with Crippen LogP contribution in [0.4, 0.5) is 5.69 Å². The highest BCUT2D eigenvalue weighted by atomic mass is 79.9. The van der Waals surface area contributed by atoms with Crippen LogP contribution in [0.2, 0.25) is 0 Å². The van der Waals surface area contributed by atoms with E-state index in [1.165, 1.54) is 4.90 Å². The van der Waals surface area contributed by atoms with Crippen molar-refractivity contribution in [2.24, 2.45) is 5.92 Å². The van der Waals surface area contributed by atoms with Gasteiger partial charge in [-0.25, -0.2) is 8.42 Å². The summed E-state index contributed by atoms with van der Waals surface area (Å²) in [7, 11) is -2.20. The van der Waals surface area contributed by atoms with Crippen molar-refractivity contribution in [1.82, 2.24) is 10.2 Å². The highest BCUT2D eigenvalue weighted by molar-refractivity contribution is 9.10. The molecule has 0 radical (unpaired) electrons. The van der Waals surface area contributed by atoms with Crippen LogP contribution in [0.25, 0.3) is 0 Å². The van der Waals surface area contributed by atoms with E-state index < -0.39 is 28.5 Å². The zero-order chi connectivity index (χ0) is 25.5. The minimum Gasteiger partial charge on any atom is -0.497 e. The average Bonchev–Trinajstić information content (AvgIpc) is 2.78. The third kappa shape index (κ3) is 8.02. The normalized spacial score (nSPS) is 12.2. The second-order valence-electron chi connectivity index (χ2n) is 8.43. The Hall–Kier alpha value is -2.59. The Labute approximate surface area is 210 Å². The zero-order valence-corrected chi connectivity index (χ0v) is 22.5. The number of rotatable bonds is 11. The molecule has 10 heteroatoms. The van der Waals surface area contributed by atoms with Crippen molar-refractivity contribution >= 4 is 43.5 Å². The minimum atomic E-state index is -3.76. The predicted octanol–water partition coefficient (Wildman–Crippen LogP) is 3.41. The van der Waals surface area contributed by atoms with Crippen molar-refractivity contribution in [3.63, 3.8) is 0 Å². The molecule has 2 rings (SSSR count). The lowest BCUT2D eigenvalue weighted by molar-refractivity contribution is -0.139. The molecule has 1 N–H and O–H groups in total. The van der Waals surface area contributed by atoms with E-state index in [1.807, 2.05) is 13.8 Å². The molecular formula is C24H32BrN3O5S. The van der Waals surface area contributed by atoms with Gasteiger partial charge >= 0.3 is 0 Å². The van der Waals surface area contributed by atoms with Crippen molar-refractivity contribution < 1.29 is 22.7 Å². The number of methoxy groups -OCH3 is 1. The summed E-state index contributed by atoms with van der Waals surface area (Å²) in [6.07, 6.45) is 1.05. The monoisotopic (exact) mass is 553 g/mol. The van der Waals surface area contributed by atoms with E-state index in [9.17, 15) is 18.0 Å². The summed E-state index contributed by atoms with van der Waals surface area (Å²) in [6, 6.07) is 13.0. The van der Waals surface area contributed by atoms with Crippen molar-refractivity contribution in [2.45, 2.75) is 33.4 Å². The largest absolute Gasteiger partial charge is 0.497 e. The van der Waals surface area contributed by atoms with Crippen molar-refractivity contribution in [2.75, 3.05) is 30.8 Å². The van der Waals surface area contributed by atoms with E-state index in [4.69, 9.17) is 4.74 Å². The molecule has 2 amide bonds. The number of nitrogens with zero attached hydrogens (tertiary/aromatic N) is 2. The molecule has 0 bridgehead atoms. The number of anilines is 1. The molecule has 0 aromatic heterocycles. The summed E-state index contributed by atoms with van der Waals surface area (Å²) in [5, 5.41) is 2.85. The number of ether oxygens (including phenoxy) is 1. The number of nitrogens with one attached hydrogen (secondary N) is 1. The van der Waals surface area contributed by atoms with Gasteiger partial charge in [-0.1, -0.05) is 48.0 Å². The number of carbonyl (C=O) groups is 2. The number of benzene rings is 2. The lowest BCUT2D eigenvalue weighted by Gasteiger charge is -2.31. The lowest BCUT2D eigenvalue weighted by atomic mass is 10.1. The topological polar surface area (TPSA) is 96.0 Å². The number of hydrogen-bond acceptors (Lipinski definition) is 5. The van der Waals surface area contributed by atoms with Gasteiger partial charge in [0.2, 0.25) is 21.8 Å². The Bertz CT molecular complexity index is 1090. The Morgan fingerprint density at radius 1 is 1.09 bits per heavy atom. The molecule has 0 saturated carbocycles. The van der Waals surface area contributed by atoms with Gasteiger partial charge in [-0.05, 0) is 48.7 Å². The average molecular weight is 555 g/mol. The molecule has 8 nitrogen and oxygen atoms in total. The summed E-state index contributed by atoms with van der Waals surface area (Å²) in [5.74, 6) is 0.124. The van der Waals surface area contributed by atoms with Gasteiger partial charge in [-0.3, -0.25) is 13.9 Å². The molecule has 0 fully saturated rings. The van der Waals surface area contributed by atoms with Crippen LogP contribution >= 0.6 is 15.9 Å². The standard InChI is InChI=1S/C24H32BrN3O5S/c1-17(2)14-26-24(30)18(3)27(15-19-9-11-22(33-4)12-10-19)23(29)16-28(34(5,31)32)21-8-6-7-20(25)13-21/h6-13,17-18H,14-16H2,1-5H3,(H,26,30). The molecule has 0 aliphatic heterocycles. The number of sulfonamides is 1. The molecule has 186 valence electrons. The molecule has 0 saturated heterocycles. The summed E-state index contributed by atoms with van der Waals surface area (Å²) < 4.78 is 32.0. The molecular weight excluding hydrogens is 522 g/mol. The predicted molar refractivity (Wildman–Crippen MR) is 137 cm³/mol. The SMILES string of the molecule is COc1ccc(CN(C(=O)CN(c2cccc(Br)c2)S(C)(=O)=O)C(C)C(=O)NCC(C)C)cc1. The number of amides is 2. The summed E-state index contributed by atoms with van der Waals surface area (Å²) in [5.41, 5.74) is 1.14. The Morgan fingerprint density at radius 2 is 1.74 bits per heavy atom. The number of halogens is 1. The summed E-state index contributed by atoms with van der Waals surface area (Å²) in [6.45, 7) is 5.77. The fraction of sp³-hybridized carbons (Fsp3) is 0.417. The van der Waals surface area contributed by atoms with Gasteiger partial charge in [0.05, 0.1) is 19.1 Å². The van der Waals surface area contributed by atoms with Gasteiger partial charge in [0.15, 0.2) is 0 Å². The first-order valence-electron chi connectivity index (χ1n) is 10.9. The van der Waals surface area contributed by atoms with Gasteiger partial charge in [-0.2, -0.15) is 0 Å². The van der Waals surface area contributed by atoms with Crippen molar-refractivity contribution in [3.8, 4) is 5.75 Å². The molecule has 0 spiro atoms. The van der Waals surface area contributed by atoms with E-state index in [0.717, 1.165) is 16.1 Å². The van der Waals surface area contributed by atoms with Crippen LogP contribution in [0, 0.1) is 5.92 Å². The first kappa shape index (κ1) is 27.7. The van der Waals surface area contributed by atoms with Gasteiger partial charge in [0, 0.05) is 17.6 Å². The maximum Gasteiger partial charge on any atom is 0.244 e. The Balaban J connectivity index is 2.36. The van der Waals surface area contributed by atoms with Crippen LogP contribution in [-0.2, 0) is 26.2 Å². The number of carbonyl (C=O) groups excluding carboxylic acids is 2. The lowest BCUT2D eigenvalue weighted by Crippen LogP contribution is -2.51. The molecule has 0 aliphatic carbocycles. The van der Waals surface area contributed by atoms with Crippen molar-refractivity contribution in [1.29, 1.82) is 0 Å². The van der Waals surface area contributed by atoms with Gasteiger partial charge in [0.25, 0.3) is 0 Å². The molecule has 2 aromatic carbocycles. The molecule has 2 aromatic rings. The molecule has 1 atom stereocenters. The van der Waals surface area contributed by atoms with E-state index >= 15 is 0 Å². The third-order valence-corrected chi connectivity index (χ3v) is 6.77. The summed E-state index contributed by atoms with van der Waals surface area (Å²) in [4.78, 5) is 27.7. The van der Waals surface area contributed by atoms with Gasteiger partial charge in [-0.15, -0.1) is 0 Å². The third-order valence-electron chi connectivity index (χ3n) is 5.14. The maximum atomic E-state index is 13.5. The van der Waals surface area contributed by atoms with Crippen molar-refractivity contribution in [3.05, 3.63) is 58.6 Å². The first-order valence-corrected chi connectivity index (χ1v) is 13.5. The highest BCUT2D eigenvalue weighted by Gasteiger charge is 2.30. The van der Waals surface area contributed by atoms with Crippen LogP contribution < -0.4 is 14.4 Å². The van der Waals surface area contributed by atoms with Gasteiger partial charge < -0.3 is 15.0 Å². The quantitative estimate of drug-likeness (QED) is 0.460. The van der Waals surface area contributed by atoms with Gasteiger partial charge in [0.1, 0.15) is 18.3 Å². The van der Waals surface area contributed by atoms with E-state index in [2.05, 4.69) is 21.2 Å². The van der Waals surface area contributed by atoms with E-state index in [1.54, 1.807) is 62.6 Å². The van der Waals surface area contributed by atoms with E-state index in [-0.39, 0.29) is 18.4 Å². The second kappa shape index (κ2) is 12.2. The highest BCUT2D eigenvalue weighted by Crippen LogP contribution is 2.23. The zero-order valence-electron chi connectivity index (χ0n) is 20.1. The minimum absolute atomic E-state index is 0.134. The Kier molecular flexibility index (Phi) is 9.93. The second-order valence-corrected chi connectivity index (χ2v) is 11.3. The Morgan fingerprint density at radius 3 is 2.26 bits per heavy atom. The molecule has 34 heavy (non-hydrogen) atoms. The molecule has 0 aliphatic rings. The van der Waals surface area contributed by atoms with E-state index in [0.29, 0.717) is 22.5 Å². The van der Waals surface area contributed by atoms with Crippen LogP contribution in [0.15, 0.2) is 53.0 Å². The number of hydrogen-bond donors (Lipinski definition) is 1. The smallest absolute Gasteiger partial charge is 0.244 e.